The van der Waals surface area contributed by atoms with Gasteiger partial charge in [-0.05, 0) is 36.4 Å². The Balaban J connectivity index is 1.93. The molecule has 0 fully saturated rings. The summed E-state index contributed by atoms with van der Waals surface area (Å²) in [6.07, 6.45) is 1.69. The fourth-order valence-electron chi connectivity index (χ4n) is 1.80. The third kappa shape index (κ3) is 5.05. The lowest BCUT2D eigenvalue weighted by molar-refractivity contribution is -0.133. The summed E-state index contributed by atoms with van der Waals surface area (Å²) < 4.78 is 6.19. The molecule has 0 aliphatic rings. The smallest absolute Gasteiger partial charge is 0.261 e. The molecule has 2 aromatic rings. The Morgan fingerprint density at radius 2 is 1.95 bits per heavy atom. The van der Waals surface area contributed by atoms with Crippen LogP contribution in [0.3, 0.4) is 0 Å². The number of halogens is 2. The molecular formula is C16H15Cl2NO2S. The lowest BCUT2D eigenvalue weighted by Crippen LogP contribution is -2.34. The molecule has 0 saturated heterocycles. The normalized spacial score (nSPS) is 10.3. The maximum Gasteiger partial charge on any atom is 0.261 e. The zero-order chi connectivity index (χ0) is 15.9. The summed E-state index contributed by atoms with van der Waals surface area (Å²) >= 11 is 13.2. The summed E-state index contributed by atoms with van der Waals surface area (Å²) in [7, 11) is 0. The maximum atomic E-state index is 12.3. The van der Waals surface area contributed by atoms with Crippen molar-refractivity contribution in [1.29, 1.82) is 0 Å². The number of carbonyl (C=O) groups is 1. The first-order valence-electron chi connectivity index (χ1n) is 6.59. The van der Waals surface area contributed by atoms with Gasteiger partial charge < -0.3 is 9.64 Å². The number of rotatable bonds is 7. The van der Waals surface area contributed by atoms with Gasteiger partial charge >= 0.3 is 0 Å². The molecule has 1 aromatic heterocycles. The van der Waals surface area contributed by atoms with Crippen molar-refractivity contribution in [1.82, 2.24) is 4.90 Å². The Kier molecular flexibility index (Phi) is 6.31. The lowest BCUT2D eigenvalue weighted by Gasteiger charge is -2.20. The van der Waals surface area contributed by atoms with Gasteiger partial charge in [-0.25, -0.2) is 0 Å². The number of amides is 1. The Labute approximate surface area is 143 Å². The summed E-state index contributed by atoms with van der Waals surface area (Å²) in [6, 6.07) is 10.6. The second kappa shape index (κ2) is 8.22. The molecule has 0 atom stereocenters. The highest BCUT2D eigenvalue weighted by Gasteiger charge is 2.14. The number of carbonyl (C=O) groups excluding carboxylic acids is 1. The van der Waals surface area contributed by atoms with Crippen molar-refractivity contribution in [2.24, 2.45) is 0 Å². The largest absolute Gasteiger partial charge is 0.484 e. The molecule has 0 aliphatic carbocycles. The van der Waals surface area contributed by atoms with Gasteiger partial charge in [0.1, 0.15) is 5.75 Å². The molecule has 0 spiro atoms. The van der Waals surface area contributed by atoms with E-state index in [-0.39, 0.29) is 12.5 Å². The molecule has 0 radical (unpaired) electrons. The molecule has 0 saturated carbocycles. The quantitative estimate of drug-likeness (QED) is 0.676. The summed E-state index contributed by atoms with van der Waals surface area (Å²) in [6.45, 7) is 4.60. The van der Waals surface area contributed by atoms with Crippen LogP contribution in [0.2, 0.25) is 9.36 Å². The molecule has 6 heteroatoms. The van der Waals surface area contributed by atoms with Crippen molar-refractivity contribution in [2.45, 2.75) is 6.54 Å². The summed E-state index contributed by atoms with van der Waals surface area (Å²) in [5.74, 6) is 0.495. The highest BCUT2D eigenvalue weighted by molar-refractivity contribution is 7.16. The van der Waals surface area contributed by atoms with Crippen LogP contribution in [0.4, 0.5) is 0 Å². The molecule has 0 bridgehead atoms. The van der Waals surface area contributed by atoms with E-state index in [1.54, 1.807) is 35.2 Å². The first kappa shape index (κ1) is 16.9. The van der Waals surface area contributed by atoms with Crippen LogP contribution in [0, 0.1) is 0 Å². The van der Waals surface area contributed by atoms with E-state index in [9.17, 15) is 4.79 Å². The zero-order valence-electron chi connectivity index (χ0n) is 11.8. The molecule has 1 aromatic carbocycles. The average molecular weight is 356 g/mol. The molecule has 116 valence electrons. The van der Waals surface area contributed by atoms with Crippen LogP contribution in [-0.4, -0.2) is 24.0 Å². The van der Waals surface area contributed by atoms with Crippen LogP contribution in [0.25, 0.3) is 0 Å². The molecule has 1 heterocycles. The van der Waals surface area contributed by atoms with Gasteiger partial charge in [-0.3, -0.25) is 4.79 Å². The Morgan fingerprint density at radius 1 is 1.23 bits per heavy atom. The van der Waals surface area contributed by atoms with Crippen LogP contribution >= 0.6 is 34.5 Å². The van der Waals surface area contributed by atoms with E-state index in [2.05, 4.69) is 6.58 Å². The monoisotopic (exact) mass is 355 g/mol. The summed E-state index contributed by atoms with van der Waals surface area (Å²) in [5.41, 5.74) is 0. The fourth-order valence-corrected chi connectivity index (χ4v) is 3.03. The minimum atomic E-state index is -0.112. The first-order valence-corrected chi connectivity index (χ1v) is 8.17. The molecule has 1 amide bonds. The zero-order valence-corrected chi connectivity index (χ0v) is 14.1. The van der Waals surface area contributed by atoms with Gasteiger partial charge in [-0.15, -0.1) is 17.9 Å². The minimum Gasteiger partial charge on any atom is -0.484 e. The van der Waals surface area contributed by atoms with Crippen molar-refractivity contribution in [3.8, 4) is 5.75 Å². The number of nitrogens with zero attached hydrogens (tertiary/aromatic N) is 1. The third-order valence-electron chi connectivity index (χ3n) is 2.85. The Morgan fingerprint density at radius 3 is 2.55 bits per heavy atom. The van der Waals surface area contributed by atoms with E-state index >= 15 is 0 Å². The third-order valence-corrected chi connectivity index (χ3v) is 4.32. The SMILES string of the molecule is C=CCN(Cc1ccc(Cl)s1)C(=O)COc1ccc(Cl)cc1. The number of hydrogen-bond acceptors (Lipinski definition) is 3. The van der Waals surface area contributed by atoms with Crippen molar-refractivity contribution in [2.75, 3.05) is 13.2 Å². The van der Waals surface area contributed by atoms with E-state index in [0.29, 0.717) is 28.2 Å². The number of thiophene rings is 1. The Bertz CT molecular complexity index is 640. The van der Waals surface area contributed by atoms with Gasteiger partial charge in [0.25, 0.3) is 5.91 Å². The van der Waals surface area contributed by atoms with E-state index in [0.717, 1.165) is 4.88 Å². The van der Waals surface area contributed by atoms with Gasteiger partial charge in [0.2, 0.25) is 0 Å². The second-order valence-corrected chi connectivity index (χ2v) is 6.75. The van der Waals surface area contributed by atoms with E-state index in [1.807, 2.05) is 12.1 Å². The van der Waals surface area contributed by atoms with Crippen molar-refractivity contribution >= 4 is 40.4 Å². The summed E-state index contributed by atoms with van der Waals surface area (Å²) in [5, 5.41) is 0.626. The van der Waals surface area contributed by atoms with Crippen molar-refractivity contribution in [3.63, 3.8) is 0 Å². The fraction of sp³-hybridized carbons (Fsp3) is 0.188. The van der Waals surface area contributed by atoms with Gasteiger partial charge in [0, 0.05) is 16.4 Å². The van der Waals surface area contributed by atoms with Crippen molar-refractivity contribution in [3.05, 3.63) is 63.3 Å². The highest BCUT2D eigenvalue weighted by atomic mass is 35.5. The van der Waals surface area contributed by atoms with Gasteiger partial charge in [0.15, 0.2) is 6.61 Å². The molecule has 2 rings (SSSR count). The van der Waals surface area contributed by atoms with E-state index < -0.39 is 0 Å². The van der Waals surface area contributed by atoms with Gasteiger partial charge in [0.05, 0.1) is 10.9 Å². The van der Waals surface area contributed by atoms with Crippen molar-refractivity contribution < 1.29 is 9.53 Å². The molecule has 0 unspecified atom stereocenters. The van der Waals surface area contributed by atoms with Crippen LogP contribution in [0.5, 0.6) is 5.75 Å². The molecular weight excluding hydrogens is 341 g/mol. The topological polar surface area (TPSA) is 29.5 Å². The van der Waals surface area contributed by atoms with Gasteiger partial charge in [-0.1, -0.05) is 29.3 Å². The molecule has 0 N–H and O–H groups in total. The van der Waals surface area contributed by atoms with Crippen LogP contribution in [-0.2, 0) is 11.3 Å². The molecule has 22 heavy (non-hydrogen) atoms. The standard InChI is InChI=1S/C16H15Cl2NO2S/c1-2-9-19(10-14-7-8-15(18)22-14)16(20)11-21-13-5-3-12(17)4-6-13/h2-8H,1,9-11H2. The molecule has 0 aliphatic heterocycles. The van der Waals surface area contributed by atoms with E-state index in [4.69, 9.17) is 27.9 Å². The van der Waals surface area contributed by atoms with Gasteiger partial charge in [-0.2, -0.15) is 0 Å². The highest BCUT2D eigenvalue weighted by Crippen LogP contribution is 2.23. The summed E-state index contributed by atoms with van der Waals surface area (Å²) in [4.78, 5) is 15.0. The number of hydrogen-bond donors (Lipinski definition) is 0. The maximum absolute atomic E-state index is 12.3. The van der Waals surface area contributed by atoms with Crippen LogP contribution in [0.1, 0.15) is 4.88 Å². The average Bonchev–Trinajstić information content (AvgIpc) is 2.91. The minimum absolute atomic E-state index is 0.0332. The Hall–Kier alpha value is -1.49. The number of ether oxygens (including phenoxy) is 1. The van der Waals surface area contributed by atoms with Crippen LogP contribution < -0.4 is 4.74 Å². The predicted molar refractivity (Wildman–Crippen MR) is 91.9 cm³/mol. The second-order valence-electron chi connectivity index (χ2n) is 4.51. The lowest BCUT2D eigenvalue weighted by atomic mass is 10.3. The van der Waals surface area contributed by atoms with Crippen LogP contribution in [0.15, 0.2) is 49.1 Å². The number of benzene rings is 1. The first-order chi connectivity index (χ1) is 10.6. The predicted octanol–water partition coefficient (Wildman–Crippen LogP) is 4.65. The molecule has 3 nitrogen and oxygen atoms in total. The van der Waals surface area contributed by atoms with E-state index in [1.165, 1.54) is 11.3 Å².